The van der Waals surface area contributed by atoms with Crippen LogP contribution in [0.25, 0.3) is 0 Å². The average molecular weight is 517 g/mol. The van der Waals surface area contributed by atoms with E-state index < -0.39 is 18.2 Å². The van der Waals surface area contributed by atoms with E-state index in [0.717, 1.165) is 40.0 Å². The Labute approximate surface area is 224 Å². The summed E-state index contributed by atoms with van der Waals surface area (Å²) in [7, 11) is 13.1. The van der Waals surface area contributed by atoms with Gasteiger partial charge in [0.2, 0.25) is 5.91 Å². The second kappa shape index (κ2) is 16.5. The van der Waals surface area contributed by atoms with Crippen molar-refractivity contribution in [3.8, 4) is 0 Å². The Kier molecular flexibility index (Phi) is 15.4. The quantitative estimate of drug-likeness (QED) is 0.179. The molecule has 0 spiro atoms. The van der Waals surface area contributed by atoms with Gasteiger partial charge in [-0.05, 0) is 40.0 Å². The molecule has 6 radical (unpaired) electrons. The Balaban J connectivity index is 2.57. The molecular weight excluding hydrogens is 478 g/mol. The summed E-state index contributed by atoms with van der Waals surface area (Å²) < 4.78 is 5.53. The lowest BCUT2D eigenvalue weighted by Gasteiger charge is -2.38. The summed E-state index contributed by atoms with van der Waals surface area (Å²) in [5.41, 5.74) is 5.22. The molecule has 7 nitrogen and oxygen atoms in total. The van der Waals surface area contributed by atoms with Crippen LogP contribution in [-0.2, 0) is 19.1 Å². The van der Waals surface area contributed by atoms with Gasteiger partial charge in [0, 0.05) is 43.0 Å². The second-order valence-electron chi connectivity index (χ2n) is 10.0. The lowest BCUT2D eigenvalue weighted by molar-refractivity contribution is -0.129. The second-order valence-corrected chi connectivity index (χ2v) is 12.6. The number of nitrogens with one attached hydrogen (secondary N) is 2. The fourth-order valence-electron chi connectivity index (χ4n) is 3.43. The summed E-state index contributed by atoms with van der Waals surface area (Å²) in [6.07, 6.45) is 3.30. The maximum atomic E-state index is 12.6. The largest absolute Gasteiger partial charge is 0.363 e. The third kappa shape index (κ3) is 12.6. The molecule has 1 aliphatic rings. The third-order valence-corrected chi connectivity index (χ3v) is 8.83. The van der Waals surface area contributed by atoms with Crippen molar-refractivity contribution in [3.05, 3.63) is 0 Å². The number of rotatable bonds is 18. The highest BCUT2D eigenvalue weighted by Gasteiger charge is 2.34. The van der Waals surface area contributed by atoms with E-state index in [1.807, 2.05) is 27.7 Å². The van der Waals surface area contributed by atoms with Gasteiger partial charge in [-0.15, -0.1) is 0 Å². The molecule has 1 saturated carbocycles. The first kappa shape index (κ1) is 32.7. The number of carbonyl (C=O) groups excluding carboxylic acids is 3. The Morgan fingerprint density at radius 1 is 1.06 bits per heavy atom. The Bertz CT molecular complexity index is 688. The van der Waals surface area contributed by atoms with E-state index in [4.69, 9.17) is 25.9 Å². The fraction of sp³-hybridized carbons (Fsp3) is 0.864. The van der Waals surface area contributed by atoms with Crippen molar-refractivity contribution in [1.29, 1.82) is 0 Å². The first-order valence-corrected chi connectivity index (χ1v) is 14.4. The fourth-order valence-corrected chi connectivity index (χ4v) is 6.58. The molecule has 35 heavy (non-hydrogen) atoms. The SMILES string of the molecule is [B][B]C(=O)C(CSC1CCC1SCC(NC(C)(C)C)C(=O)[B][B])NC(=O)C(C)COC(N)CCC. The molecule has 1 fully saturated rings. The molecule has 0 aromatic rings. The van der Waals surface area contributed by atoms with Crippen molar-refractivity contribution in [3.63, 3.8) is 0 Å². The van der Waals surface area contributed by atoms with Gasteiger partial charge < -0.3 is 30.7 Å². The maximum Gasteiger partial charge on any atom is 0.225 e. The average Bonchev–Trinajstić information content (AvgIpc) is 2.78. The van der Waals surface area contributed by atoms with Crippen molar-refractivity contribution in [1.82, 2.24) is 10.6 Å². The standard InChI is InChI=1S/C22H39B4N3O4S2/c1-6-7-18(27)33-10-13(2)21(32)28-14(19(30)25-23)11-34-16-8-9-17(16)35-12-15(20(31)26-24)29-22(3,4)5/h13-18,29H,6-12,27H2,1-5H3,(H,28,32). The van der Waals surface area contributed by atoms with Gasteiger partial charge in [0.15, 0.2) is 0 Å². The molecule has 6 atom stereocenters. The van der Waals surface area contributed by atoms with Crippen molar-refractivity contribution in [2.45, 2.75) is 94.7 Å². The van der Waals surface area contributed by atoms with Gasteiger partial charge in [-0.1, -0.05) is 20.3 Å². The zero-order chi connectivity index (χ0) is 26.6. The van der Waals surface area contributed by atoms with E-state index in [1.54, 1.807) is 30.4 Å². The number of thioether (sulfide) groups is 2. The summed E-state index contributed by atoms with van der Waals surface area (Å²) in [5.74, 6) is 0.356. The van der Waals surface area contributed by atoms with E-state index in [2.05, 4.69) is 10.6 Å². The van der Waals surface area contributed by atoms with Crippen molar-refractivity contribution >= 4 is 70.6 Å². The van der Waals surface area contributed by atoms with Gasteiger partial charge in [0.05, 0.1) is 36.0 Å². The van der Waals surface area contributed by atoms with Crippen LogP contribution in [0.2, 0.25) is 0 Å². The molecule has 0 aromatic heterocycles. The lowest BCUT2D eigenvalue weighted by Crippen LogP contribution is -2.51. The topological polar surface area (TPSA) is 111 Å². The van der Waals surface area contributed by atoms with Crippen LogP contribution in [0.1, 0.15) is 60.3 Å². The Morgan fingerprint density at radius 3 is 2.03 bits per heavy atom. The first-order chi connectivity index (χ1) is 16.4. The smallest absolute Gasteiger partial charge is 0.225 e. The molecule has 1 rings (SSSR count). The van der Waals surface area contributed by atoms with E-state index in [1.165, 1.54) is 0 Å². The molecular formula is C22H39B4N3O4S2. The summed E-state index contributed by atoms with van der Waals surface area (Å²) >= 11 is 3.41. The van der Waals surface area contributed by atoms with E-state index in [9.17, 15) is 14.4 Å². The first-order valence-electron chi connectivity index (χ1n) is 12.3. The minimum absolute atomic E-state index is 0.114. The minimum Gasteiger partial charge on any atom is -0.363 e. The molecule has 6 unspecified atom stereocenters. The van der Waals surface area contributed by atoms with Gasteiger partial charge in [-0.25, -0.2) is 0 Å². The molecule has 0 bridgehead atoms. The number of carbonyl (C=O) groups is 3. The van der Waals surface area contributed by atoms with Crippen LogP contribution in [0.5, 0.6) is 0 Å². The number of amides is 1. The number of nitrogens with two attached hydrogens (primary N) is 1. The van der Waals surface area contributed by atoms with E-state index in [-0.39, 0.29) is 35.5 Å². The normalized spacial score (nSPS) is 21.2. The van der Waals surface area contributed by atoms with Crippen LogP contribution in [0, 0.1) is 5.92 Å². The molecule has 0 aliphatic heterocycles. The van der Waals surface area contributed by atoms with Crippen LogP contribution in [0.15, 0.2) is 0 Å². The Morgan fingerprint density at radius 2 is 1.57 bits per heavy atom. The highest BCUT2D eigenvalue weighted by molar-refractivity contribution is 8.04. The van der Waals surface area contributed by atoms with Gasteiger partial charge in [0.25, 0.3) is 0 Å². The highest BCUT2D eigenvalue weighted by Crippen LogP contribution is 2.40. The van der Waals surface area contributed by atoms with Crippen LogP contribution < -0.4 is 16.4 Å². The van der Waals surface area contributed by atoms with Crippen molar-refractivity contribution in [2.75, 3.05) is 18.1 Å². The zero-order valence-electron chi connectivity index (χ0n) is 21.8. The molecule has 190 valence electrons. The van der Waals surface area contributed by atoms with Gasteiger partial charge in [-0.2, -0.15) is 23.5 Å². The summed E-state index contributed by atoms with van der Waals surface area (Å²) in [6, 6.07) is -1.04. The van der Waals surface area contributed by atoms with E-state index >= 15 is 0 Å². The predicted octanol–water partition coefficient (Wildman–Crippen LogP) is 0.592. The summed E-state index contributed by atoms with van der Waals surface area (Å²) in [6.45, 7) is 10.0. The van der Waals surface area contributed by atoms with Crippen molar-refractivity contribution in [2.24, 2.45) is 11.7 Å². The summed E-state index contributed by atoms with van der Waals surface area (Å²) in [5, 5.41) is 6.87. The Hall–Kier alpha value is -0.350. The summed E-state index contributed by atoms with van der Waals surface area (Å²) in [4.78, 5) is 37.2. The van der Waals surface area contributed by atoms with Crippen LogP contribution in [0.4, 0.5) is 0 Å². The molecule has 4 N–H and O–H groups in total. The number of hydrogen-bond acceptors (Lipinski definition) is 8. The van der Waals surface area contributed by atoms with E-state index in [0.29, 0.717) is 22.0 Å². The maximum absolute atomic E-state index is 12.6. The zero-order valence-corrected chi connectivity index (χ0v) is 23.4. The van der Waals surface area contributed by atoms with Crippen LogP contribution in [0.3, 0.4) is 0 Å². The number of ether oxygens (including phenoxy) is 1. The monoisotopic (exact) mass is 517 g/mol. The minimum atomic E-state index is -0.695. The van der Waals surface area contributed by atoms with Crippen molar-refractivity contribution < 1.29 is 19.1 Å². The van der Waals surface area contributed by atoms with Gasteiger partial charge in [0.1, 0.15) is 20.6 Å². The number of hydrogen-bond donors (Lipinski definition) is 3. The molecule has 0 aromatic carbocycles. The highest BCUT2D eigenvalue weighted by atomic mass is 32.2. The predicted molar refractivity (Wildman–Crippen MR) is 151 cm³/mol. The van der Waals surface area contributed by atoms with Crippen LogP contribution in [-0.4, -0.2) is 99.6 Å². The molecule has 1 amide bonds. The van der Waals surface area contributed by atoms with Gasteiger partial charge in [-0.3, -0.25) is 4.79 Å². The van der Waals surface area contributed by atoms with Crippen LogP contribution >= 0.6 is 23.5 Å². The molecule has 1 aliphatic carbocycles. The van der Waals surface area contributed by atoms with Gasteiger partial charge >= 0.3 is 0 Å². The molecule has 0 saturated heterocycles. The third-order valence-electron chi connectivity index (χ3n) is 5.62. The molecule has 0 heterocycles. The lowest BCUT2D eigenvalue weighted by atomic mass is 9.51. The molecule has 13 heteroatoms.